The van der Waals surface area contributed by atoms with Crippen molar-refractivity contribution >= 4 is 23.6 Å². The minimum Gasteiger partial charge on any atom is -0.355 e. The van der Waals surface area contributed by atoms with Crippen molar-refractivity contribution in [1.29, 1.82) is 0 Å². The van der Waals surface area contributed by atoms with E-state index in [1.807, 2.05) is 6.26 Å². The first-order valence-corrected chi connectivity index (χ1v) is 5.06. The van der Waals surface area contributed by atoms with Gasteiger partial charge in [-0.15, -0.1) is 0 Å². The van der Waals surface area contributed by atoms with Crippen molar-refractivity contribution in [2.75, 3.05) is 25.1 Å². The van der Waals surface area contributed by atoms with Crippen molar-refractivity contribution in [2.24, 2.45) is 0 Å². The molecule has 0 aliphatic carbocycles. The summed E-state index contributed by atoms with van der Waals surface area (Å²) in [6.07, 6.45) is 1.87. The monoisotopic (exact) mass is 190 g/mol. The molecule has 0 aliphatic heterocycles. The lowest BCUT2D eigenvalue weighted by molar-refractivity contribution is -0.120. The average Bonchev–Trinajstić information content (AvgIpc) is 1.98. The number of amides is 2. The van der Waals surface area contributed by atoms with Gasteiger partial charge in [-0.2, -0.15) is 11.8 Å². The molecule has 0 saturated heterocycles. The van der Waals surface area contributed by atoms with Crippen LogP contribution in [0.4, 0.5) is 0 Å². The van der Waals surface area contributed by atoms with Crippen LogP contribution in [0.5, 0.6) is 0 Å². The molecular weight excluding hydrogens is 176 g/mol. The van der Waals surface area contributed by atoms with Gasteiger partial charge in [0.1, 0.15) is 0 Å². The van der Waals surface area contributed by atoms with Crippen LogP contribution in [-0.2, 0) is 9.59 Å². The van der Waals surface area contributed by atoms with Gasteiger partial charge in [-0.3, -0.25) is 9.59 Å². The first kappa shape index (κ1) is 11.3. The van der Waals surface area contributed by atoms with Crippen LogP contribution in [0.3, 0.4) is 0 Å². The molecule has 0 fully saturated rings. The van der Waals surface area contributed by atoms with Crippen LogP contribution in [-0.4, -0.2) is 36.9 Å². The molecule has 0 atom stereocenters. The summed E-state index contributed by atoms with van der Waals surface area (Å²) in [5, 5.41) is 5.25. The van der Waals surface area contributed by atoms with Gasteiger partial charge in [0, 0.05) is 20.0 Å². The van der Waals surface area contributed by atoms with Gasteiger partial charge in [0.15, 0.2) is 0 Å². The maximum Gasteiger partial charge on any atom is 0.230 e. The van der Waals surface area contributed by atoms with Crippen LogP contribution < -0.4 is 10.6 Å². The maximum absolute atomic E-state index is 10.8. The van der Waals surface area contributed by atoms with Gasteiger partial charge in [-0.25, -0.2) is 0 Å². The van der Waals surface area contributed by atoms with Crippen LogP contribution in [0.2, 0.25) is 0 Å². The van der Waals surface area contributed by atoms with Crippen molar-refractivity contribution in [1.82, 2.24) is 10.6 Å². The highest BCUT2D eigenvalue weighted by Gasteiger charge is 1.97. The average molecular weight is 190 g/mol. The van der Waals surface area contributed by atoms with E-state index in [9.17, 15) is 9.59 Å². The normalized spacial score (nSPS) is 9.17. The zero-order chi connectivity index (χ0) is 9.40. The van der Waals surface area contributed by atoms with Gasteiger partial charge in [0.05, 0.1) is 5.75 Å². The molecule has 70 valence electrons. The number of hydrogen-bond donors (Lipinski definition) is 2. The molecule has 2 amide bonds. The fourth-order valence-electron chi connectivity index (χ4n) is 0.623. The summed E-state index contributed by atoms with van der Waals surface area (Å²) >= 11 is 1.47. The third kappa shape index (κ3) is 7.40. The Balaban J connectivity index is 3.19. The number of carbonyl (C=O) groups excluding carboxylic acids is 2. The molecule has 0 radical (unpaired) electrons. The number of nitrogens with one attached hydrogen (secondary N) is 2. The molecule has 4 nitrogen and oxygen atoms in total. The number of rotatable bonds is 5. The predicted octanol–water partition coefficient (Wildman–Crippen LogP) is -0.398. The topological polar surface area (TPSA) is 58.2 Å². The van der Waals surface area contributed by atoms with Gasteiger partial charge in [-0.05, 0) is 6.26 Å². The fourth-order valence-corrected chi connectivity index (χ4v) is 0.987. The Bertz CT molecular complexity index is 161. The van der Waals surface area contributed by atoms with E-state index in [1.165, 1.54) is 18.7 Å². The standard InChI is InChI=1S/C7H14N2O2S/c1-6(10)8-3-4-9-7(11)5-12-2/h3-5H2,1-2H3,(H,8,10)(H,9,11). The second-order valence-electron chi connectivity index (χ2n) is 2.27. The fraction of sp³-hybridized carbons (Fsp3) is 0.714. The summed E-state index contributed by atoms with van der Waals surface area (Å²) in [5.74, 6) is 0.405. The van der Waals surface area contributed by atoms with E-state index >= 15 is 0 Å². The van der Waals surface area contributed by atoms with Crippen LogP contribution in [0, 0.1) is 0 Å². The van der Waals surface area contributed by atoms with E-state index in [-0.39, 0.29) is 11.8 Å². The zero-order valence-corrected chi connectivity index (χ0v) is 8.16. The summed E-state index contributed by atoms with van der Waals surface area (Å²) in [6.45, 7) is 2.44. The lowest BCUT2D eigenvalue weighted by Gasteiger charge is -2.03. The molecule has 0 aromatic heterocycles. The Hall–Kier alpha value is -0.710. The number of carbonyl (C=O) groups is 2. The Morgan fingerprint density at radius 2 is 1.83 bits per heavy atom. The molecule has 5 heteroatoms. The van der Waals surface area contributed by atoms with Crippen LogP contribution >= 0.6 is 11.8 Å². The van der Waals surface area contributed by atoms with Gasteiger partial charge < -0.3 is 10.6 Å². The van der Waals surface area contributed by atoms with E-state index in [2.05, 4.69) is 10.6 Å². The second-order valence-corrected chi connectivity index (χ2v) is 3.13. The summed E-state index contributed by atoms with van der Waals surface area (Å²) in [4.78, 5) is 21.2. The lowest BCUT2D eigenvalue weighted by Crippen LogP contribution is -2.34. The van der Waals surface area contributed by atoms with Gasteiger partial charge in [0.2, 0.25) is 11.8 Å². The van der Waals surface area contributed by atoms with E-state index in [1.54, 1.807) is 0 Å². The third-order valence-corrected chi connectivity index (χ3v) is 1.65. The summed E-state index contributed by atoms with van der Waals surface area (Å²) in [5.41, 5.74) is 0. The molecule has 0 bridgehead atoms. The smallest absolute Gasteiger partial charge is 0.230 e. The number of thioether (sulfide) groups is 1. The quantitative estimate of drug-likeness (QED) is 0.580. The molecule has 2 N–H and O–H groups in total. The Kier molecular flexibility index (Phi) is 6.55. The molecule has 0 aromatic carbocycles. The Morgan fingerprint density at radius 3 is 2.33 bits per heavy atom. The van der Waals surface area contributed by atoms with Crippen LogP contribution in [0.15, 0.2) is 0 Å². The highest BCUT2D eigenvalue weighted by atomic mass is 32.2. The minimum absolute atomic E-state index is 0.00727. The molecule has 12 heavy (non-hydrogen) atoms. The molecule has 0 spiro atoms. The summed E-state index contributed by atoms with van der Waals surface area (Å²) in [7, 11) is 0. The van der Waals surface area contributed by atoms with E-state index in [0.717, 1.165) is 0 Å². The van der Waals surface area contributed by atoms with Crippen LogP contribution in [0.1, 0.15) is 6.92 Å². The lowest BCUT2D eigenvalue weighted by atomic mass is 10.5. The van der Waals surface area contributed by atoms with Crippen molar-refractivity contribution < 1.29 is 9.59 Å². The van der Waals surface area contributed by atoms with Crippen molar-refractivity contribution in [2.45, 2.75) is 6.92 Å². The molecule has 0 rings (SSSR count). The van der Waals surface area contributed by atoms with Gasteiger partial charge in [0.25, 0.3) is 0 Å². The van der Waals surface area contributed by atoms with E-state index in [4.69, 9.17) is 0 Å². The van der Waals surface area contributed by atoms with Crippen molar-refractivity contribution in [3.05, 3.63) is 0 Å². The molecule has 0 aromatic rings. The van der Waals surface area contributed by atoms with Gasteiger partial charge >= 0.3 is 0 Å². The SMILES string of the molecule is CSCC(=O)NCCNC(C)=O. The first-order chi connectivity index (χ1) is 5.66. The molecule has 0 heterocycles. The summed E-state index contributed by atoms with van der Waals surface area (Å²) in [6, 6.07) is 0. The van der Waals surface area contributed by atoms with E-state index < -0.39 is 0 Å². The largest absolute Gasteiger partial charge is 0.355 e. The van der Waals surface area contributed by atoms with Crippen LogP contribution in [0.25, 0.3) is 0 Å². The van der Waals surface area contributed by atoms with Gasteiger partial charge in [-0.1, -0.05) is 0 Å². The first-order valence-electron chi connectivity index (χ1n) is 3.67. The van der Waals surface area contributed by atoms with E-state index in [0.29, 0.717) is 18.8 Å². The highest BCUT2D eigenvalue weighted by Crippen LogP contribution is 1.88. The number of hydrogen-bond acceptors (Lipinski definition) is 3. The minimum atomic E-state index is -0.0749. The molecular formula is C7H14N2O2S. The molecule has 0 unspecified atom stereocenters. The Labute approximate surface area is 76.5 Å². The highest BCUT2D eigenvalue weighted by molar-refractivity contribution is 7.99. The van der Waals surface area contributed by atoms with Crippen molar-refractivity contribution in [3.63, 3.8) is 0 Å². The molecule has 0 saturated carbocycles. The zero-order valence-electron chi connectivity index (χ0n) is 7.35. The second kappa shape index (κ2) is 6.97. The Morgan fingerprint density at radius 1 is 1.25 bits per heavy atom. The molecule has 0 aliphatic rings. The predicted molar refractivity (Wildman–Crippen MR) is 50.1 cm³/mol. The maximum atomic E-state index is 10.8. The third-order valence-electron chi connectivity index (χ3n) is 1.10. The van der Waals surface area contributed by atoms with Crippen molar-refractivity contribution in [3.8, 4) is 0 Å². The summed E-state index contributed by atoms with van der Waals surface area (Å²) < 4.78 is 0.